The molecule has 9 nitrogen and oxygen atoms in total. The Morgan fingerprint density at radius 1 is 1.15 bits per heavy atom. The molecule has 0 fully saturated rings. The molecule has 1 N–H and O–H groups in total. The largest absolute Gasteiger partial charge is 0.477 e. The van der Waals surface area contributed by atoms with Gasteiger partial charge in [-0.3, -0.25) is 9.59 Å². The van der Waals surface area contributed by atoms with E-state index in [2.05, 4.69) is 10.4 Å². The SMILES string of the molecule is CNC(=O)[C@H]1CN(C(=O)COC(=O)c2c(C)nn(-c3ccccc3)c2Cl)c2ccccc2O1. The molecule has 2 amide bonds. The zero-order valence-corrected chi connectivity index (χ0v) is 18.7. The number of halogens is 1. The van der Waals surface area contributed by atoms with E-state index in [1.165, 1.54) is 16.6 Å². The summed E-state index contributed by atoms with van der Waals surface area (Å²) in [6.45, 7) is 1.08. The second-order valence-corrected chi connectivity index (χ2v) is 7.63. The van der Waals surface area contributed by atoms with Gasteiger partial charge in [-0.1, -0.05) is 41.9 Å². The highest BCUT2D eigenvalue weighted by atomic mass is 35.5. The van der Waals surface area contributed by atoms with Crippen molar-refractivity contribution < 1.29 is 23.9 Å². The van der Waals surface area contributed by atoms with Crippen molar-refractivity contribution in [3.05, 3.63) is 71.0 Å². The fraction of sp³-hybridized carbons (Fsp3) is 0.217. The van der Waals surface area contributed by atoms with Crippen molar-refractivity contribution in [1.82, 2.24) is 15.1 Å². The normalized spacial score (nSPS) is 14.8. The summed E-state index contributed by atoms with van der Waals surface area (Å²) in [5.41, 5.74) is 1.63. The number of carbonyl (C=O) groups excluding carboxylic acids is 3. The van der Waals surface area contributed by atoms with Gasteiger partial charge in [0.15, 0.2) is 12.7 Å². The Morgan fingerprint density at radius 2 is 1.85 bits per heavy atom. The van der Waals surface area contributed by atoms with Crippen LogP contribution in [0.2, 0.25) is 5.15 Å². The fourth-order valence-electron chi connectivity index (χ4n) is 3.52. The molecular weight excluding hydrogens is 448 g/mol. The van der Waals surface area contributed by atoms with E-state index in [0.717, 1.165) is 0 Å². The maximum atomic E-state index is 13.0. The predicted octanol–water partition coefficient (Wildman–Crippen LogP) is 2.53. The molecule has 0 saturated heterocycles. The van der Waals surface area contributed by atoms with Crippen LogP contribution in [-0.4, -0.2) is 53.9 Å². The standard InChI is InChI=1S/C23H21ClN4O5/c1-14-20(21(24)28(26-14)15-8-4-3-5-9-15)23(31)32-13-19(29)27-12-18(22(30)25-2)33-17-11-7-6-10-16(17)27/h3-11,18H,12-13H2,1-2H3,(H,25,30)/t18-/m1/s1. The Bertz CT molecular complexity index is 1210. The molecule has 0 radical (unpaired) electrons. The number of rotatable bonds is 5. The number of nitrogens with one attached hydrogen (secondary N) is 1. The van der Waals surface area contributed by atoms with Crippen LogP contribution in [0.3, 0.4) is 0 Å². The van der Waals surface area contributed by atoms with Crippen LogP contribution in [0.5, 0.6) is 5.75 Å². The van der Waals surface area contributed by atoms with Crippen LogP contribution in [-0.2, 0) is 14.3 Å². The number of anilines is 1. The van der Waals surface area contributed by atoms with Gasteiger partial charge in [-0.25, -0.2) is 9.48 Å². The lowest BCUT2D eigenvalue weighted by atomic mass is 10.1. The van der Waals surface area contributed by atoms with Gasteiger partial charge in [-0.15, -0.1) is 0 Å². The highest BCUT2D eigenvalue weighted by molar-refractivity contribution is 6.33. The number of benzene rings is 2. The third kappa shape index (κ3) is 4.40. The summed E-state index contributed by atoms with van der Waals surface area (Å²) in [4.78, 5) is 39.2. The molecular formula is C23H21ClN4O5. The molecule has 0 aliphatic carbocycles. The number of hydrogen-bond donors (Lipinski definition) is 1. The molecule has 1 aliphatic rings. The molecule has 0 bridgehead atoms. The Kier molecular flexibility index (Phi) is 6.32. The van der Waals surface area contributed by atoms with E-state index >= 15 is 0 Å². The van der Waals surface area contributed by atoms with Crippen LogP contribution in [0.1, 0.15) is 16.1 Å². The monoisotopic (exact) mass is 468 g/mol. The molecule has 2 heterocycles. The molecule has 1 aliphatic heterocycles. The van der Waals surface area contributed by atoms with Crippen molar-refractivity contribution in [2.75, 3.05) is 25.1 Å². The van der Waals surface area contributed by atoms with Crippen LogP contribution in [0.15, 0.2) is 54.6 Å². The second-order valence-electron chi connectivity index (χ2n) is 7.27. The zero-order valence-electron chi connectivity index (χ0n) is 17.9. The van der Waals surface area contributed by atoms with Crippen molar-refractivity contribution in [2.45, 2.75) is 13.0 Å². The molecule has 33 heavy (non-hydrogen) atoms. The van der Waals surface area contributed by atoms with E-state index in [4.69, 9.17) is 21.1 Å². The summed E-state index contributed by atoms with van der Waals surface area (Å²) in [5.74, 6) is -1.25. The number of esters is 1. The van der Waals surface area contributed by atoms with E-state index < -0.39 is 24.6 Å². The smallest absolute Gasteiger partial charge is 0.343 e. The van der Waals surface area contributed by atoms with Crippen LogP contribution >= 0.6 is 11.6 Å². The summed E-state index contributed by atoms with van der Waals surface area (Å²) in [6.07, 6.45) is -0.884. The van der Waals surface area contributed by atoms with Crippen LogP contribution in [0, 0.1) is 6.92 Å². The van der Waals surface area contributed by atoms with Crippen LogP contribution < -0.4 is 15.0 Å². The number of ether oxygens (including phenoxy) is 2. The number of fused-ring (bicyclic) bond motifs is 1. The molecule has 1 atom stereocenters. The minimum absolute atomic E-state index is 0.0151. The lowest BCUT2D eigenvalue weighted by Crippen LogP contribution is -2.51. The van der Waals surface area contributed by atoms with Gasteiger partial charge in [-0.2, -0.15) is 5.10 Å². The Balaban J connectivity index is 1.51. The topological polar surface area (TPSA) is 103 Å². The molecule has 4 rings (SSSR count). The number of aromatic nitrogens is 2. The lowest BCUT2D eigenvalue weighted by molar-refractivity contribution is -0.128. The Morgan fingerprint density at radius 3 is 2.58 bits per heavy atom. The molecule has 170 valence electrons. The van der Waals surface area contributed by atoms with E-state index in [1.54, 1.807) is 43.3 Å². The number of amides is 2. The fourth-order valence-corrected chi connectivity index (χ4v) is 3.87. The first-order valence-electron chi connectivity index (χ1n) is 10.2. The van der Waals surface area contributed by atoms with Crippen LogP contribution in [0.4, 0.5) is 5.69 Å². The lowest BCUT2D eigenvalue weighted by Gasteiger charge is -2.33. The summed E-state index contributed by atoms with van der Waals surface area (Å²) in [5, 5.41) is 6.92. The van der Waals surface area contributed by atoms with Gasteiger partial charge in [0.25, 0.3) is 11.8 Å². The summed E-state index contributed by atoms with van der Waals surface area (Å²) < 4.78 is 12.4. The average molecular weight is 469 g/mol. The van der Waals surface area contributed by atoms with Crippen LogP contribution in [0.25, 0.3) is 5.69 Å². The quantitative estimate of drug-likeness (QED) is 0.577. The van der Waals surface area contributed by atoms with E-state index in [0.29, 0.717) is 22.8 Å². The maximum absolute atomic E-state index is 13.0. The number of aryl methyl sites for hydroxylation is 1. The van der Waals surface area contributed by atoms with Crippen molar-refractivity contribution in [3.8, 4) is 11.4 Å². The minimum Gasteiger partial charge on any atom is -0.477 e. The van der Waals surface area contributed by atoms with Gasteiger partial charge in [0.1, 0.15) is 16.5 Å². The molecule has 1 aromatic heterocycles. The van der Waals surface area contributed by atoms with Crippen molar-refractivity contribution in [3.63, 3.8) is 0 Å². The Hall–Kier alpha value is -3.85. The number of nitrogens with zero attached hydrogens (tertiary/aromatic N) is 3. The van der Waals surface area contributed by atoms with Gasteiger partial charge < -0.3 is 19.7 Å². The first-order chi connectivity index (χ1) is 15.9. The van der Waals surface area contributed by atoms with E-state index in [1.807, 2.05) is 18.2 Å². The van der Waals surface area contributed by atoms with Gasteiger partial charge in [0.05, 0.1) is 23.6 Å². The highest BCUT2D eigenvalue weighted by Gasteiger charge is 2.34. The van der Waals surface area contributed by atoms with Gasteiger partial charge in [-0.05, 0) is 31.2 Å². The first kappa shape index (κ1) is 22.3. The van der Waals surface area contributed by atoms with Crippen molar-refractivity contribution in [1.29, 1.82) is 0 Å². The Labute approximate surface area is 194 Å². The summed E-state index contributed by atoms with van der Waals surface area (Å²) in [7, 11) is 1.49. The highest BCUT2D eigenvalue weighted by Crippen LogP contribution is 2.33. The zero-order chi connectivity index (χ0) is 23.5. The molecule has 10 heteroatoms. The molecule has 0 saturated carbocycles. The van der Waals surface area contributed by atoms with Gasteiger partial charge in [0.2, 0.25) is 0 Å². The number of likely N-dealkylation sites (N-methyl/N-ethyl adjacent to an activating group) is 1. The molecule has 0 spiro atoms. The first-order valence-corrected chi connectivity index (χ1v) is 10.5. The minimum atomic E-state index is -0.884. The van der Waals surface area contributed by atoms with Crippen molar-refractivity contribution in [2.24, 2.45) is 0 Å². The van der Waals surface area contributed by atoms with Gasteiger partial charge >= 0.3 is 5.97 Å². The molecule has 0 unspecified atom stereocenters. The average Bonchev–Trinajstić information content (AvgIpc) is 3.15. The molecule has 3 aromatic rings. The number of para-hydroxylation sites is 3. The number of hydrogen-bond acceptors (Lipinski definition) is 6. The summed E-state index contributed by atoms with van der Waals surface area (Å²) in [6, 6.07) is 16.0. The second kappa shape index (κ2) is 9.33. The number of carbonyl (C=O) groups is 3. The molecule has 2 aromatic carbocycles. The summed E-state index contributed by atoms with van der Waals surface area (Å²) >= 11 is 6.40. The third-order valence-corrected chi connectivity index (χ3v) is 5.50. The third-order valence-electron chi connectivity index (χ3n) is 5.15. The van der Waals surface area contributed by atoms with E-state index in [9.17, 15) is 14.4 Å². The predicted molar refractivity (Wildman–Crippen MR) is 121 cm³/mol. The maximum Gasteiger partial charge on any atom is 0.343 e. The van der Waals surface area contributed by atoms with E-state index in [-0.39, 0.29) is 23.2 Å². The van der Waals surface area contributed by atoms with Gasteiger partial charge in [0, 0.05) is 7.05 Å². The van der Waals surface area contributed by atoms with Crippen molar-refractivity contribution >= 4 is 35.1 Å².